The maximum Gasteiger partial charge on any atom is 0.259 e. The van der Waals surface area contributed by atoms with Crippen LogP contribution in [0.5, 0.6) is 0 Å². The van der Waals surface area contributed by atoms with Crippen molar-refractivity contribution in [1.82, 2.24) is 9.88 Å². The van der Waals surface area contributed by atoms with Gasteiger partial charge in [0.25, 0.3) is 11.8 Å². The average molecular weight is 360 g/mol. The zero-order chi connectivity index (χ0) is 17.8. The molecule has 0 radical (unpaired) electrons. The summed E-state index contributed by atoms with van der Waals surface area (Å²) in [6.07, 6.45) is 1.92. The standard InChI is InChI=1S/C21H14N2O2S.H2/c1-23-10-14(12-6-2-4-8-16(12)23)18-19(21(25)22-20(18)24)15-11-26-17-9-5-3-7-13(15)17;/h2-11H,1H3,(H,22,24,25);1H. The molecule has 0 unspecified atom stereocenters. The van der Waals surface area contributed by atoms with Crippen LogP contribution < -0.4 is 5.32 Å². The highest BCUT2D eigenvalue weighted by Gasteiger charge is 2.34. The molecule has 0 atom stereocenters. The van der Waals surface area contributed by atoms with E-state index in [0.29, 0.717) is 11.1 Å². The van der Waals surface area contributed by atoms with Gasteiger partial charge in [-0.2, -0.15) is 0 Å². The zero-order valence-electron chi connectivity index (χ0n) is 13.9. The molecule has 128 valence electrons. The fourth-order valence-electron chi connectivity index (χ4n) is 3.68. The second-order valence-corrected chi connectivity index (χ2v) is 7.26. The highest BCUT2D eigenvalue weighted by Crippen LogP contribution is 2.39. The Labute approximate surface area is 154 Å². The normalized spacial score (nSPS) is 14.7. The third-order valence-electron chi connectivity index (χ3n) is 4.85. The summed E-state index contributed by atoms with van der Waals surface area (Å²) < 4.78 is 3.08. The lowest BCUT2D eigenvalue weighted by molar-refractivity contribution is -0.122. The molecular weight excluding hydrogens is 344 g/mol. The Bertz CT molecular complexity index is 1270. The van der Waals surface area contributed by atoms with E-state index in [1.165, 1.54) is 0 Å². The minimum Gasteiger partial charge on any atom is -0.350 e. The molecule has 0 saturated carbocycles. The summed E-state index contributed by atoms with van der Waals surface area (Å²) in [5.74, 6) is -0.668. The molecule has 5 heteroatoms. The van der Waals surface area contributed by atoms with E-state index in [-0.39, 0.29) is 13.2 Å². The summed E-state index contributed by atoms with van der Waals surface area (Å²) in [6, 6.07) is 15.8. The maximum absolute atomic E-state index is 12.7. The lowest BCUT2D eigenvalue weighted by Crippen LogP contribution is -2.22. The lowest BCUT2D eigenvalue weighted by atomic mass is 9.95. The number of amides is 2. The first kappa shape index (κ1) is 15.1. The monoisotopic (exact) mass is 360 g/mol. The lowest BCUT2D eigenvalue weighted by Gasteiger charge is -2.03. The van der Waals surface area contributed by atoms with Crippen LogP contribution in [0.15, 0.2) is 60.1 Å². The Morgan fingerprint density at radius 1 is 0.885 bits per heavy atom. The van der Waals surface area contributed by atoms with Gasteiger partial charge in [0.05, 0.1) is 11.1 Å². The molecule has 0 saturated heterocycles. The van der Waals surface area contributed by atoms with E-state index in [0.717, 1.165) is 32.1 Å². The van der Waals surface area contributed by atoms with E-state index in [1.54, 1.807) is 11.3 Å². The Morgan fingerprint density at radius 3 is 2.35 bits per heavy atom. The number of thiophene rings is 1. The van der Waals surface area contributed by atoms with Crippen LogP contribution in [0.2, 0.25) is 0 Å². The van der Waals surface area contributed by atoms with Crippen molar-refractivity contribution < 1.29 is 11.0 Å². The topological polar surface area (TPSA) is 51.1 Å². The third kappa shape index (κ3) is 2.01. The number of para-hydroxylation sites is 1. The molecule has 0 aliphatic carbocycles. The van der Waals surface area contributed by atoms with Crippen molar-refractivity contribution in [2.24, 2.45) is 7.05 Å². The summed E-state index contributed by atoms with van der Waals surface area (Å²) in [5.41, 5.74) is 3.55. The quantitative estimate of drug-likeness (QED) is 0.545. The van der Waals surface area contributed by atoms with Gasteiger partial charge < -0.3 is 4.57 Å². The molecule has 2 aromatic heterocycles. The summed E-state index contributed by atoms with van der Waals surface area (Å²) in [7, 11) is 1.95. The minimum atomic E-state index is -0.336. The van der Waals surface area contributed by atoms with Gasteiger partial charge in [-0.1, -0.05) is 36.4 Å². The predicted octanol–water partition coefficient (Wildman–Crippen LogP) is 4.21. The van der Waals surface area contributed by atoms with Gasteiger partial charge in [0.2, 0.25) is 0 Å². The Hall–Kier alpha value is -3.18. The number of carbonyl (C=O) groups is 2. The molecular formula is C21H16N2O2S. The molecule has 3 heterocycles. The van der Waals surface area contributed by atoms with Crippen LogP contribution in [0.4, 0.5) is 0 Å². The molecule has 1 aliphatic rings. The van der Waals surface area contributed by atoms with Gasteiger partial charge in [-0.3, -0.25) is 14.9 Å². The van der Waals surface area contributed by atoms with E-state index in [9.17, 15) is 9.59 Å². The number of nitrogens with one attached hydrogen (secondary N) is 1. The number of aryl methyl sites for hydroxylation is 1. The van der Waals surface area contributed by atoms with Crippen molar-refractivity contribution in [2.45, 2.75) is 0 Å². The van der Waals surface area contributed by atoms with E-state index in [1.807, 2.05) is 71.7 Å². The smallest absolute Gasteiger partial charge is 0.259 e. The number of nitrogens with zero attached hydrogens (tertiary/aromatic N) is 1. The van der Waals surface area contributed by atoms with E-state index in [4.69, 9.17) is 0 Å². The molecule has 1 N–H and O–H groups in total. The first-order chi connectivity index (χ1) is 12.6. The second kappa shape index (κ2) is 5.41. The van der Waals surface area contributed by atoms with Gasteiger partial charge in [-0.05, 0) is 12.1 Å². The molecule has 0 fully saturated rings. The summed E-state index contributed by atoms with van der Waals surface area (Å²) in [4.78, 5) is 25.3. The number of aromatic nitrogens is 1. The van der Waals surface area contributed by atoms with E-state index < -0.39 is 0 Å². The largest absolute Gasteiger partial charge is 0.350 e. The van der Waals surface area contributed by atoms with Crippen LogP contribution in [0.3, 0.4) is 0 Å². The van der Waals surface area contributed by atoms with Gasteiger partial charge in [-0.25, -0.2) is 0 Å². The van der Waals surface area contributed by atoms with Crippen molar-refractivity contribution in [2.75, 3.05) is 0 Å². The highest BCUT2D eigenvalue weighted by atomic mass is 32.1. The second-order valence-electron chi connectivity index (χ2n) is 6.35. The zero-order valence-corrected chi connectivity index (χ0v) is 14.8. The SMILES string of the molecule is Cn1cc(C2=C(c3csc4ccccc34)C(=O)NC2=O)c2ccccc21.[HH]. The van der Waals surface area contributed by atoms with Gasteiger partial charge in [0.15, 0.2) is 0 Å². The number of benzene rings is 2. The fourth-order valence-corrected chi connectivity index (χ4v) is 4.63. The summed E-state index contributed by atoms with van der Waals surface area (Å²) in [6.45, 7) is 0. The third-order valence-corrected chi connectivity index (χ3v) is 5.81. The number of rotatable bonds is 2. The van der Waals surface area contributed by atoms with Crippen molar-refractivity contribution in [3.05, 3.63) is 71.2 Å². The van der Waals surface area contributed by atoms with Gasteiger partial charge >= 0.3 is 0 Å². The van der Waals surface area contributed by atoms with E-state index in [2.05, 4.69) is 5.32 Å². The molecule has 4 nitrogen and oxygen atoms in total. The van der Waals surface area contributed by atoms with Crippen LogP contribution in [-0.4, -0.2) is 16.4 Å². The van der Waals surface area contributed by atoms with Crippen molar-refractivity contribution >= 4 is 55.3 Å². The molecule has 2 aromatic carbocycles. The predicted molar refractivity (Wildman–Crippen MR) is 107 cm³/mol. The molecule has 5 rings (SSSR count). The van der Waals surface area contributed by atoms with Crippen LogP contribution in [0.1, 0.15) is 12.6 Å². The number of hydrogen-bond donors (Lipinski definition) is 1. The molecule has 26 heavy (non-hydrogen) atoms. The van der Waals surface area contributed by atoms with Gasteiger partial charge in [0.1, 0.15) is 0 Å². The van der Waals surface area contributed by atoms with Gasteiger partial charge in [-0.15, -0.1) is 11.3 Å². The Balaban J connectivity index is 0.00000180. The number of imide groups is 1. The molecule has 1 aliphatic heterocycles. The van der Waals surface area contributed by atoms with Crippen molar-refractivity contribution in [3.63, 3.8) is 0 Å². The Morgan fingerprint density at radius 2 is 1.54 bits per heavy atom. The molecule has 0 spiro atoms. The Kier molecular flexibility index (Phi) is 3.14. The van der Waals surface area contributed by atoms with Crippen molar-refractivity contribution in [1.29, 1.82) is 0 Å². The molecule has 0 bridgehead atoms. The van der Waals surface area contributed by atoms with Crippen LogP contribution in [-0.2, 0) is 16.6 Å². The number of hydrogen-bond acceptors (Lipinski definition) is 3. The van der Waals surface area contributed by atoms with Crippen LogP contribution in [0, 0.1) is 0 Å². The minimum absolute atomic E-state index is 0. The summed E-state index contributed by atoms with van der Waals surface area (Å²) >= 11 is 1.58. The van der Waals surface area contributed by atoms with Crippen molar-refractivity contribution in [3.8, 4) is 0 Å². The van der Waals surface area contributed by atoms with E-state index >= 15 is 0 Å². The van der Waals surface area contributed by atoms with Gasteiger partial charge in [0, 0.05) is 52.2 Å². The van der Waals surface area contributed by atoms with Crippen LogP contribution >= 0.6 is 11.3 Å². The van der Waals surface area contributed by atoms with Crippen LogP contribution in [0.25, 0.3) is 32.1 Å². The fraction of sp³-hybridized carbons (Fsp3) is 0.0476. The first-order valence-corrected chi connectivity index (χ1v) is 9.14. The average Bonchev–Trinajstić information content (AvgIpc) is 3.29. The number of carbonyl (C=O) groups excluding carboxylic acids is 2. The number of fused-ring (bicyclic) bond motifs is 2. The maximum atomic E-state index is 12.7. The first-order valence-electron chi connectivity index (χ1n) is 8.26. The molecule has 2 amide bonds. The summed E-state index contributed by atoms with van der Waals surface area (Å²) in [5, 5.41) is 6.41. The molecule has 4 aromatic rings. The highest BCUT2D eigenvalue weighted by molar-refractivity contribution is 7.17.